The summed E-state index contributed by atoms with van der Waals surface area (Å²) in [6.07, 6.45) is -0.308. The quantitative estimate of drug-likeness (QED) is 0.452. The number of nitrogens with one attached hydrogen (secondary N) is 3. The normalized spacial score (nSPS) is 11.3. The van der Waals surface area contributed by atoms with Gasteiger partial charge in [-0.15, -0.1) is 11.8 Å². The maximum absolute atomic E-state index is 12.4. The number of anilines is 3. The molecule has 4 N–H and O–H groups in total. The Morgan fingerprint density at radius 3 is 1.87 bits per heavy atom. The van der Waals surface area contributed by atoms with Crippen LogP contribution in [0.4, 0.5) is 17.1 Å². The number of carbonyl (C=O) groups excluding carboxylic acids is 3. The lowest BCUT2D eigenvalue weighted by Crippen LogP contribution is -2.22. The van der Waals surface area contributed by atoms with Crippen LogP contribution in [0.3, 0.4) is 0 Å². The second-order valence-electron chi connectivity index (χ2n) is 6.47. The number of hydrogen-bond donors (Lipinski definition) is 4. The van der Waals surface area contributed by atoms with Crippen LogP contribution < -0.4 is 16.0 Å². The lowest BCUT2D eigenvalue weighted by molar-refractivity contribution is -0.138. The van der Waals surface area contributed by atoms with E-state index in [0.29, 0.717) is 17.1 Å². The Morgan fingerprint density at radius 2 is 1.33 bits per heavy atom. The molecule has 0 aliphatic carbocycles. The van der Waals surface area contributed by atoms with Crippen LogP contribution in [0.1, 0.15) is 26.7 Å². The molecule has 0 unspecified atom stereocenters. The fourth-order valence-electron chi connectivity index (χ4n) is 2.40. The van der Waals surface area contributed by atoms with Crippen LogP contribution >= 0.6 is 11.8 Å². The van der Waals surface area contributed by atoms with Gasteiger partial charge in [-0.05, 0) is 55.5 Å². The lowest BCUT2D eigenvalue weighted by Gasteiger charge is -2.13. The van der Waals surface area contributed by atoms with Gasteiger partial charge >= 0.3 is 5.97 Å². The number of carbonyl (C=O) groups is 4. The molecule has 0 bridgehead atoms. The predicted octanol–water partition coefficient (Wildman–Crippen LogP) is 3.57. The number of benzene rings is 2. The first kappa shape index (κ1) is 23.0. The molecule has 0 radical (unpaired) electrons. The molecule has 0 aromatic heterocycles. The summed E-state index contributed by atoms with van der Waals surface area (Å²) in [5.41, 5.74) is 1.84. The van der Waals surface area contributed by atoms with Gasteiger partial charge in [0, 0.05) is 35.3 Å². The zero-order valence-corrected chi connectivity index (χ0v) is 17.4. The minimum Gasteiger partial charge on any atom is -0.481 e. The average molecular weight is 429 g/mol. The summed E-state index contributed by atoms with van der Waals surface area (Å²) < 4.78 is 0. The van der Waals surface area contributed by atoms with E-state index in [0.717, 1.165) is 4.90 Å². The van der Waals surface area contributed by atoms with Gasteiger partial charge in [-0.25, -0.2) is 0 Å². The highest BCUT2D eigenvalue weighted by atomic mass is 32.2. The van der Waals surface area contributed by atoms with Gasteiger partial charge < -0.3 is 21.1 Å². The fraction of sp³-hybridized carbons (Fsp3) is 0.238. The minimum absolute atomic E-state index is 0.0885. The van der Waals surface area contributed by atoms with Crippen molar-refractivity contribution in [2.24, 2.45) is 0 Å². The summed E-state index contributed by atoms with van der Waals surface area (Å²) in [5, 5.41) is 16.4. The molecule has 0 aliphatic heterocycles. The zero-order valence-electron chi connectivity index (χ0n) is 16.6. The molecule has 30 heavy (non-hydrogen) atoms. The van der Waals surface area contributed by atoms with E-state index < -0.39 is 5.97 Å². The summed E-state index contributed by atoms with van der Waals surface area (Å²) in [4.78, 5) is 46.5. The summed E-state index contributed by atoms with van der Waals surface area (Å²) in [5.74, 6) is -1.72. The molecule has 0 spiro atoms. The molecule has 2 aromatic carbocycles. The van der Waals surface area contributed by atoms with E-state index in [2.05, 4.69) is 16.0 Å². The van der Waals surface area contributed by atoms with Gasteiger partial charge in [0.1, 0.15) is 0 Å². The SMILES string of the molecule is CC(=O)Nc1ccc(NC(=O)[C@H](C)Sc2ccc(NC(=O)CCC(=O)O)cc2)cc1. The molecule has 2 aromatic rings. The maximum Gasteiger partial charge on any atom is 0.303 e. The summed E-state index contributed by atoms with van der Waals surface area (Å²) in [6, 6.07) is 13.8. The molecular weight excluding hydrogens is 406 g/mol. The summed E-state index contributed by atoms with van der Waals surface area (Å²) in [6.45, 7) is 3.21. The monoisotopic (exact) mass is 429 g/mol. The number of rotatable bonds is 9. The van der Waals surface area contributed by atoms with Crippen molar-refractivity contribution in [2.75, 3.05) is 16.0 Å². The third-order valence-electron chi connectivity index (χ3n) is 3.86. The zero-order chi connectivity index (χ0) is 22.1. The molecule has 0 saturated carbocycles. The summed E-state index contributed by atoms with van der Waals surface area (Å²) in [7, 11) is 0. The Bertz CT molecular complexity index is 913. The van der Waals surface area contributed by atoms with Crippen LogP contribution in [0, 0.1) is 0 Å². The van der Waals surface area contributed by atoms with Crippen molar-refractivity contribution in [2.45, 2.75) is 36.8 Å². The van der Waals surface area contributed by atoms with Crippen LogP contribution in [0.15, 0.2) is 53.4 Å². The standard InChI is InChI=1S/C21H23N3O5S/c1-13(21(29)24-17-5-3-15(4-6-17)22-14(2)25)30-18-9-7-16(8-10-18)23-19(26)11-12-20(27)28/h3-10,13H,11-12H2,1-2H3,(H,22,25)(H,23,26)(H,24,29)(H,27,28)/t13-/m0/s1. The smallest absolute Gasteiger partial charge is 0.303 e. The van der Waals surface area contributed by atoms with Crippen molar-refractivity contribution in [1.82, 2.24) is 0 Å². The van der Waals surface area contributed by atoms with Gasteiger partial charge in [-0.2, -0.15) is 0 Å². The Kier molecular flexibility index (Phi) is 8.42. The number of thioether (sulfide) groups is 1. The molecule has 8 nitrogen and oxygen atoms in total. The van der Waals surface area contributed by atoms with Gasteiger partial charge in [0.25, 0.3) is 0 Å². The fourth-order valence-corrected chi connectivity index (χ4v) is 3.27. The topological polar surface area (TPSA) is 125 Å². The van der Waals surface area contributed by atoms with Crippen molar-refractivity contribution in [3.8, 4) is 0 Å². The van der Waals surface area contributed by atoms with E-state index in [1.807, 2.05) is 0 Å². The number of carboxylic acids is 1. The van der Waals surface area contributed by atoms with Crippen molar-refractivity contribution >= 4 is 52.5 Å². The lowest BCUT2D eigenvalue weighted by atomic mass is 10.2. The third-order valence-corrected chi connectivity index (χ3v) is 4.97. The second kappa shape index (κ2) is 11.0. The molecule has 0 heterocycles. The largest absolute Gasteiger partial charge is 0.481 e. The predicted molar refractivity (Wildman–Crippen MR) is 117 cm³/mol. The van der Waals surface area contributed by atoms with Crippen LogP contribution in [0.5, 0.6) is 0 Å². The van der Waals surface area contributed by atoms with E-state index in [1.165, 1.54) is 18.7 Å². The minimum atomic E-state index is -1.02. The van der Waals surface area contributed by atoms with Crippen molar-refractivity contribution in [3.05, 3.63) is 48.5 Å². The van der Waals surface area contributed by atoms with Crippen LogP contribution in [-0.4, -0.2) is 34.0 Å². The first-order chi connectivity index (χ1) is 14.2. The number of hydrogen-bond acceptors (Lipinski definition) is 5. The number of amides is 3. The van der Waals surface area contributed by atoms with Crippen LogP contribution in [0.2, 0.25) is 0 Å². The highest BCUT2D eigenvalue weighted by Crippen LogP contribution is 2.26. The molecule has 2 rings (SSSR count). The Balaban J connectivity index is 1.85. The third kappa shape index (κ3) is 7.96. The molecule has 9 heteroatoms. The molecule has 3 amide bonds. The number of carboxylic acid groups (broad SMARTS) is 1. The molecule has 0 saturated heterocycles. The molecule has 1 atom stereocenters. The molecule has 158 valence electrons. The highest BCUT2D eigenvalue weighted by Gasteiger charge is 2.15. The van der Waals surface area contributed by atoms with Gasteiger partial charge in [0.05, 0.1) is 11.7 Å². The molecule has 0 fully saturated rings. The van der Waals surface area contributed by atoms with E-state index in [4.69, 9.17) is 5.11 Å². The molecular formula is C21H23N3O5S. The van der Waals surface area contributed by atoms with Crippen molar-refractivity contribution in [3.63, 3.8) is 0 Å². The van der Waals surface area contributed by atoms with E-state index >= 15 is 0 Å². The number of aliphatic carboxylic acids is 1. The first-order valence-corrected chi connectivity index (χ1v) is 10.1. The Morgan fingerprint density at radius 1 is 0.833 bits per heavy atom. The van der Waals surface area contributed by atoms with Crippen molar-refractivity contribution < 1.29 is 24.3 Å². The first-order valence-electron chi connectivity index (χ1n) is 9.20. The van der Waals surface area contributed by atoms with Gasteiger partial charge in [0.2, 0.25) is 17.7 Å². The highest BCUT2D eigenvalue weighted by molar-refractivity contribution is 8.00. The van der Waals surface area contributed by atoms with Gasteiger partial charge in [0.15, 0.2) is 0 Å². The van der Waals surface area contributed by atoms with E-state index in [-0.39, 0.29) is 35.8 Å². The van der Waals surface area contributed by atoms with Gasteiger partial charge in [-0.1, -0.05) is 0 Å². The molecule has 0 aliphatic rings. The van der Waals surface area contributed by atoms with Crippen molar-refractivity contribution in [1.29, 1.82) is 0 Å². The second-order valence-corrected chi connectivity index (χ2v) is 7.89. The Hall–Kier alpha value is -3.33. The van der Waals surface area contributed by atoms with Crippen LogP contribution in [-0.2, 0) is 19.2 Å². The maximum atomic E-state index is 12.4. The van der Waals surface area contributed by atoms with E-state index in [1.54, 1.807) is 55.5 Å². The Labute approximate surface area is 178 Å². The summed E-state index contributed by atoms with van der Waals surface area (Å²) >= 11 is 1.36. The van der Waals surface area contributed by atoms with E-state index in [9.17, 15) is 19.2 Å². The van der Waals surface area contributed by atoms with Gasteiger partial charge in [-0.3, -0.25) is 19.2 Å². The van der Waals surface area contributed by atoms with Crippen LogP contribution in [0.25, 0.3) is 0 Å². The average Bonchev–Trinajstić information content (AvgIpc) is 2.69.